The van der Waals surface area contributed by atoms with Crippen LogP contribution in [0.3, 0.4) is 0 Å². The Morgan fingerprint density at radius 1 is 1.33 bits per heavy atom. The Kier molecular flexibility index (Phi) is 3.99. The van der Waals surface area contributed by atoms with Gasteiger partial charge in [0.1, 0.15) is 18.2 Å². The molecular formula is C14H19N3O. The largest absolute Gasteiger partial charge is 0.491 e. The Labute approximate surface area is 107 Å². The first-order valence-electron chi connectivity index (χ1n) is 6.11. The topological polar surface area (TPSA) is 53.1 Å². The number of rotatable bonds is 5. The lowest BCUT2D eigenvalue weighted by atomic mass is 10.1. The smallest absolute Gasteiger partial charge is 0.123 e. The Morgan fingerprint density at radius 2 is 2.17 bits per heavy atom. The van der Waals surface area contributed by atoms with Crippen molar-refractivity contribution in [3.63, 3.8) is 0 Å². The standard InChI is InChI=1S/C14H19N3O/c1-11-3-4-14(13(9-11)10-15)18-8-7-17-6-5-16-12(17)2/h3-6,9H,7-8,10,15H2,1-2H3. The van der Waals surface area contributed by atoms with Crippen LogP contribution in [-0.4, -0.2) is 16.2 Å². The van der Waals surface area contributed by atoms with Crippen molar-refractivity contribution in [2.24, 2.45) is 5.73 Å². The number of aryl methyl sites for hydroxylation is 2. The Hall–Kier alpha value is -1.81. The molecule has 4 nitrogen and oxygen atoms in total. The molecule has 0 aliphatic rings. The molecule has 18 heavy (non-hydrogen) atoms. The van der Waals surface area contributed by atoms with Gasteiger partial charge in [-0.05, 0) is 19.9 Å². The zero-order valence-electron chi connectivity index (χ0n) is 10.9. The molecule has 0 spiro atoms. The van der Waals surface area contributed by atoms with E-state index in [9.17, 15) is 0 Å². The van der Waals surface area contributed by atoms with Crippen molar-refractivity contribution in [1.82, 2.24) is 9.55 Å². The molecule has 2 N–H and O–H groups in total. The Morgan fingerprint density at radius 3 is 2.83 bits per heavy atom. The van der Waals surface area contributed by atoms with Crippen LogP contribution >= 0.6 is 0 Å². The molecule has 96 valence electrons. The zero-order chi connectivity index (χ0) is 13.0. The monoisotopic (exact) mass is 245 g/mol. The van der Waals surface area contributed by atoms with Crippen molar-refractivity contribution in [3.8, 4) is 5.75 Å². The summed E-state index contributed by atoms with van der Waals surface area (Å²) < 4.78 is 7.85. The normalized spacial score (nSPS) is 10.6. The van der Waals surface area contributed by atoms with Crippen molar-refractivity contribution in [2.45, 2.75) is 26.9 Å². The molecule has 0 radical (unpaired) electrons. The van der Waals surface area contributed by atoms with Crippen LogP contribution < -0.4 is 10.5 Å². The van der Waals surface area contributed by atoms with Crippen LogP contribution in [0.25, 0.3) is 0 Å². The number of hydrogen-bond acceptors (Lipinski definition) is 3. The van der Waals surface area contributed by atoms with E-state index in [1.807, 2.05) is 25.3 Å². The van der Waals surface area contributed by atoms with E-state index >= 15 is 0 Å². The van der Waals surface area contributed by atoms with Gasteiger partial charge in [0.2, 0.25) is 0 Å². The van der Waals surface area contributed by atoms with Crippen molar-refractivity contribution in [1.29, 1.82) is 0 Å². The Bertz CT molecular complexity index is 520. The third-order valence-electron chi connectivity index (χ3n) is 2.95. The lowest BCUT2D eigenvalue weighted by Crippen LogP contribution is -2.10. The number of aromatic nitrogens is 2. The molecule has 0 bridgehead atoms. The molecule has 0 atom stereocenters. The van der Waals surface area contributed by atoms with E-state index in [0.717, 1.165) is 23.7 Å². The molecule has 1 heterocycles. The quantitative estimate of drug-likeness (QED) is 0.877. The maximum Gasteiger partial charge on any atom is 0.123 e. The van der Waals surface area contributed by atoms with Gasteiger partial charge in [0, 0.05) is 24.5 Å². The van der Waals surface area contributed by atoms with Gasteiger partial charge in [0.15, 0.2) is 0 Å². The number of nitrogens with zero attached hydrogens (tertiary/aromatic N) is 2. The summed E-state index contributed by atoms with van der Waals surface area (Å²) in [5.41, 5.74) is 7.97. The summed E-state index contributed by atoms with van der Waals surface area (Å²) in [6.45, 7) is 5.95. The highest BCUT2D eigenvalue weighted by Gasteiger charge is 2.03. The first kappa shape index (κ1) is 12.6. The van der Waals surface area contributed by atoms with Crippen LogP contribution in [0.1, 0.15) is 17.0 Å². The van der Waals surface area contributed by atoms with Gasteiger partial charge < -0.3 is 15.0 Å². The fourth-order valence-electron chi connectivity index (χ4n) is 1.90. The summed E-state index contributed by atoms with van der Waals surface area (Å²) in [7, 11) is 0. The molecule has 0 amide bonds. The maximum absolute atomic E-state index is 5.78. The molecule has 1 aromatic carbocycles. The molecule has 0 saturated carbocycles. The molecule has 0 unspecified atom stereocenters. The van der Waals surface area contributed by atoms with Crippen LogP contribution in [0.2, 0.25) is 0 Å². The van der Waals surface area contributed by atoms with E-state index in [-0.39, 0.29) is 0 Å². The summed E-state index contributed by atoms with van der Waals surface area (Å²) in [6, 6.07) is 6.09. The molecule has 0 saturated heterocycles. The molecule has 0 aliphatic heterocycles. The highest BCUT2D eigenvalue weighted by Crippen LogP contribution is 2.19. The number of imidazole rings is 1. The van der Waals surface area contributed by atoms with Gasteiger partial charge in [-0.2, -0.15) is 0 Å². The minimum atomic E-state index is 0.501. The van der Waals surface area contributed by atoms with Gasteiger partial charge in [-0.25, -0.2) is 4.98 Å². The third-order valence-corrected chi connectivity index (χ3v) is 2.95. The van der Waals surface area contributed by atoms with Crippen LogP contribution in [0.4, 0.5) is 0 Å². The van der Waals surface area contributed by atoms with E-state index in [0.29, 0.717) is 13.2 Å². The fourth-order valence-corrected chi connectivity index (χ4v) is 1.90. The summed E-state index contributed by atoms with van der Waals surface area (Å²) in [4.78, 5) is 4.18. The summed E-state index contributed by atoms with van der Waals surface area (Å²) in [6.07, 6.45) is 3.75. The second kappa shape index (κ2) is 5.69. The average molecular weight is 245 g/mol. The molecule has 0 fully saturated rings. The van der Waals surface area contributed by atoms with Crippen LogP contribution in [0.15, 0.2) is 30.6 Å². The van der Waals surface area contributed by atoms with Gasteiger partial charge in [-0.1, -0.05) is 17.7 Å². The second-order valence-electron chi connectivity index (χ2n) is 4.33. The molecule has 4 heteroatoms. The van der Waals surface area contributed by atoms with Crippen LogP contribution in [0.5, 0.6) is 5.75 Å². The van der Waals surface area contributed by atoms with Crippen molar-refractivity contribution < 1.29 is 4.74 Å². The number of benzene rings is 1. The lowest BCUT2D eigenvalue weighted by Gasteiger charge is -2.12. The van der Waals surface area contributed by atoms with Crippen molar-refractivity contribution in [3.05, 3.63) is 47.5 Å². The highest BCUT2D eigenvalue weighted by molar-refractivity contribution is 5.36. The molecule has 1 aromatic heterocycles. The SMILES string of the molecule is Cc1ccc(OCCn2ccnc2C)c(CN)c1. The first-order valence-corrected chi connectivity index (χ1v) is 6.11. The van der Waals surface area contributed by atoms with Crippen molar-refractivity contribution >= 4 is 0 Å². The third kappa shape index (κ3) is 2.90. The minimum Gasteiger partial charge on any atom is -0.491 e. The fraction of sp³-hybridized carbons (Fsp3) is 0.357. The van der Waals surface area contributed by atoms with E-state index in [1.54, 1.807) is 6.20 Å². The zero-order valence-corrected chi connectivity index (χ0v) is 10.9. The molecule has 2 aromatic rings. The number of ether oxygens (including phenoxy) is 1. The predicted molar refractivity (Wildman–Crippen MR) is 71.5 cm³/mol. The predicted octanol–water partition coefficient (Wildman–Crippen LogP) is 2.04. The lowest BCUT2D eigenvalue weighted by molar-refractivity contribution is 0.294. The summed E-state index contributed by atoms with van der Waals surface area (Å²) in [5.74, 6) is 1.88. The highest BCUT2D eigenvalue weighted by atomic mass is 16.5. The van der Waals surface area contributed by atoms with E-state index in [1.165, 1.54) is 5.56 Å². The van der Waals surface area contributed by atoms with Gasteiger partial charge >= 0.3 is 0 Å². The molecule has 2 rings (SSSR count). The maximum atomic E-state index is 5.78. The molecular weight excluding hydrogens is 226 g/mol. The van der Waals surface area contributed by atoms with E-state index in [4.69, 9.17) is 10.5 Å². The number of nitrogens with two attached hydrogens (primary N) is 1. The van der Waals surface area contributed by atoms with E-state index in [2.05, 4.69) is 22.5 Å². The molecule has 0 aliphatic carbocycles. The first-order chi connectivity index (χ1) is 8.70. The van der Waals surface area contributed by atoms with Gasteiger partial charge in [-0.3, -0.25) is 0 Å². The second-order valence-corrected chi connectivity index (χ2v) is 4.33. The van der Waals surface area contributed by atoms with Crippen LogP contribution in [0, 0.1) is 13.8 Å². The van der Waals surface area contributed by atoms with Crippen molar-refractivity contribution in [2.75, 3.05) is 6.61 Å². The average Bonchev–Trinajstić information content (AvgIpc) is 2.77. The summed E-state index contributed by atoms with van der Waals surface area (Å²) >= 11 is 0. The Balaban J connectivity index is 1.96. The van der Waals surface area contributed by atoms with Gasteiger partial charge in [0.25, 0.3) is 0 Å². The van der Waals surface area contributed by atoms with E-state index < -0.39 is 0 Å². The summed E-state index contributed by atoms with van der Waals surface area (Å²) in [5, 5.41) is 0. The number of hydrogen-bond donors (Lipinski definition) is 1. The van der Waals surface area contributed by atoms with Gasteiger partial charge in [-0.15, -0.1) is 0 Å². The minimum absolute atomic E-state index is 0.501. The van der Waals surface area contributed by atoms with Gasteiger partial charge in [0.05, 0.1) is 6.54 Å². The van der Waals surface area contributed by atoms with Crippen LogP contribution in [-0.2, 0) is 13.1 Å².